The number of hydrogen-bond donors (Lipinski definition) is 0. The molecule has 19 heavy (non-hydrogen) atoms. The molecular weight excluding hydrogens is 310 g/mol. The SMILES string of the molecule is COC(=O)C1CCN(Cc2c(Br)c(C)nn2C)CC1. The molecule has 1 aromatic heterocycles. The molecule has 2 rings (SSSR count). The maximum absolute atomic E-state index is 11.5. The van der Waals surface area contributed by atoms with E-state index in [1.165, 1.54) is 12.8 Å². The Morgan fingerprint density at radius 3 is 2.58 bits per heavy atom. The molecule has 0 amide bonds. The quantitative estimate of drug-likeness (QED) is 0.794. The number of hydrogen-bond acceptors (Lipinski definition) is 4. The zero-order chi connectivity index (χ0) is 14.0. The highest BCUT2D eigenvalue weighted by Crippen LogP contribution is 2.24. The van der Waals surface area contributed by atoms with Crippen molar-refractivity contribution in [2.24, 2.45) is 13.0 Å². The topological polar surface area (TPSA) is 47.4 Å². The first-order valence-electron chi connectivity index (χ1n) is 6.51. The van der Waals surface area contributed by atoms with Crippen molar-refractivity contribution in [1.82, 2.24) is 14.7 Å². The van der Waals surface area contributed by atoms with Crippen molar-refractivity contribution in [3.63, 3.8) is 0 Å². The summed E-state index contributed by atoms with van der Waals surface area (Å²) in [7, 11) is 3.43. The lowest BCUT2D eigenvalue weighted by Gasteiger charge is -2.30. The Bertz CT molecular complexity index is 465. The van der Waals surface area contributed by atoms with E-state index >= 15 is 0 Å². The third-order valence-corrected chi connectivity index (χ3v) is 4.79. The Morgan fingerprint density at radius 2 is 2.11 bits per heavy atom. The summed E-state index contributed by atoms with van der Waals surface area (Å²) >= 11 is 3.59. The normalized spacial score (nSPS) is 17.7. The molecule has 0 radical (unpaired) electrons. The molecule has 0 aromatic carbocycles. The van der Waals surface area contributed by atoms with Crippen molar-refractivity contribution in [2.45, 2.75) is 26.3 Å². The van der Waals surface area contributed by atoms with Gasteiger partial charge < -0.3 is 4.74 Å². The van der Waals surface area contributed by atoms with E-state index in [0.717, 1.165) is 42.6 Å². The average Bonchev–Trinajstić information content (AvgIpc) is 2.65. The van der Waals surface area contributed by atoms with Gasteiger partial charge in [-0.3, -0.25) is 14.4 Å². The fourth-order valence-electron chi connectivity index (χ4n) is 2.56. The molecule has 0 unspecified atom stereocenters. The van der Waals surface area contributed by atoms with Gasteiger partial charge in [-0.25, -0.2) is 0 Å². The Kier molecular flexibility index (Phi) is 4.62. The molecular formula is C13H20BrN3O2. The molecule has 0 N–H and O–H groups in total. The van der Waals surface area contributed by atoms with Gasteiger partial charge in [-0.1, -0.05) is 0 Å². The smallest absolute Gasteiger partial charge is 0.308 e. The van der Waals surface area contributed by atoms with Crippen LogP contribution in [-0.2, 0) is 23.1 Å². The second-order valence-electron chi connectivity index (χ2n) is 5.04. The lowest BCUT2D eigenvalue weighted by Crippen LogP contribution is -2.36. The van der Waals surface area contributed by atoms with Crippen LogP contribution in [0, 0.1) is 12.8 Å². The van der Waals surface area contributed by atoms with Gasteiger partial charge in [-0.05, 0) is 48.8 Å². The van der Waals surface area contributed by atoms with Crippen LogP contribution in [0.25, 0.3) is 0 Å². The van der Waals surface area contributed by atoms with Gasteiger partial charge in [0.05, 0.1) is 28.9 Å². The molecule has 0 aliphatic carbocycles. The van der Waals surface area contributed by atoms with Gasteiger partial charge in [-0.15, -0.1) is 0 Å². The molecule has 1 fully saturated rings. The van der Waals surface area contributed by atoms with Crippen molar-refractivity contribution in [2.75, 3.05) is 20.2 Å². The lowest BCUT2D eigenvalue weighted by molar-refractivity contribution is -0.147. The minimum Gasteiger partial charge on any atom is -0.469 e. The average molecular weight is 330 g/mol. The summed E-state index contributed by atoms with van der Waals surface area (Å²) in [6, 6.07) is 0. The predicted molar refractivity (Wildman–Crippen MR) is 75.7 cm³/mol. The molecule has 1 aliphatic rings. The first-order chi connectivity index (χ1) is 9.02. The number of nitrogens with zero attached hydrogens (tertiary/aromatic N) is 3. The summed E-state index contributed by atoms with van der Waals surface area (Å²) < 4.78 is 7.82. The standard InChI is InChI=1S/C13H20BrN3O2/c1-9-12(14)11(16(2)15-9)8-17-6-4-10(5-7-17)13(18)19-3/h10H,4-8H2,1-3H3. The molecule has 1 saturated heterocycles. The number of rotatable bonds is 3. The van der Waals surface area contributed by atoms with E-state index in [-0.39, 0.29) is 11.9 Å². The van der Waals surface area contributed by atoms with Crippen LogP contribution < -0.4 is 0 Å². The van der Waals surface area contributed by atoms with Gasteiger partial charge in [0.1, 0.15) is 0 Å². The molecule has 1 aliphatic heterocycles. The van der Waals surface area contributed by atoms with E-state index in [2.05, 4.69) is 25.9 Å². The van der Waals surface area contributed by atoms with Crippen LogP contribution >= 0.6 is 15.9 Å². The summed E-state index contributed by atoms with van der Waals surface area (Å²) in [6.45, 7) is 4.72. The van der Waals surface area contributed by atoms with Crippen molar-refractivity contribution in [1.29, 1.82) is 0 Å². The highest BCUT2D eigenvalue weighted by molar-refractivity contribution is 9.10. The van der Waals surface area contributed by atoms with Crippen molar-refractivity contribution in [3.8, 4) is 0 Å². The van der Waals surface area contributed by atoms with E-state index in [0.29, 0.717) is 0 Å². The van der Waals surface area contributed by atoms with Crippen LogP contribution in [-0.4, -0.2) is 40.8 Å². The number of methoxy groups -OCH3 is 1. The van der Waals surface area contributed by atoms with E-state index in [9.17, 15) is 4.79 Å². The minimum atomic E-state index is -0.0720. The van der Waals surface area contributed by atoms with Gasteiger partial charge in [0, 0.05) is 13.6 Å². The third-order valence-electron chi connectivity index (χ3n) is 3.76. The number of carbonyl (C=O) groups is 1. The van der Waals surface area contributed by atoms with Gasteiger partial charge in [-0.2, -0.15) is 5.10 Å². The zero-order valence-corrected chi connectivity index (χ0v) is 13.2. The lowest BCUT2D eigenvalue weighted by atomic mass is 9.97. The summed E-state index contributed by atoms with van der Waals surface area (Å²) in [5.74, 6) is -0.00447. The number of piperidine rings is 1. The minimum absolute atomic E-state index is 0.0676. The Morgan fingerprint density at radius 1 is 1.47 bits per heavy atom. The Balaban J connectivity index is 1.94. The molecule has 106 valence electrons. The van der Waals surface area contributed by atoms with E-state index < -0.39 is 0 Å². The second-order valence-corrected chi connectivity index (χ2v) is 5.84. The monoisotopic (exact) mass is 329 g/mol. The van der Waals surface area contributed by atoms with Crippen LogP contribution in [0.1, 0.15) is 24.2 Å². The molecule has 2 heterocycles. The Labute approximate surface area is 122 Å². The molecule has 1 aromatic rings. The molecule has 5 nitrogen and oxygen atoms in total. The van der Waals surface area contributed by atoms with Crippen molar-refractivity contribution in [3.05, 3.63) is 15.9 Å². The number of aromatic nitrogens is 2. The van der Waals surface area contributed by atoms with E-state index in [4.69, 9.17) is 4.74 Å². The summed E-state index contributed by atoms with van der Waals surface area (Å²) in [5, 5.41) is 4.40. The number of carbonyl (C=O) groups excluding carboxylic acids is 1. The number of halogens is 1. The summed E-state index contributed by atoms with van der Waals surface area (Å²) in [6.07, 6.45) is 1.75. The largest absolute Gasteiger partial charge is 0.469 e. The summed E-state index contributed by atoms with van der Waals surface area (Å²) in [5.41, 5.74) is 2.20. The predicted octanol–water partition coefficient (Wildman–Crippen LogP) is 1.88. The third kappa shape index (κ3) is 3.17. The molecule has 0 bridgehead atoms. The fourth-order valence-corrected chi connectivity index (χ4v) is 3.02. The number of ether oxygens (including phenoxy) is 1. The van der Waals surface area contributed by atoms with Gasteiger partial charge in [0.25, 0.3) is 0 Å². The molecule has 0 spiro atoms. The number of esters is 1. The van der Waals surface area contributed by atoms with E-state index in [1.54, 1.807) is 0 Å². The number of likely N-dealkylation sites (tertiary alicyclic amines) is 1. The van der Waals surface area contributed by atoms with Crippen LogP contribution in [0.15, 0.2) is 4.47 Å². The molecule has 6 heteroatoms. The van der Waals surface area contributed by atoms with Crippen molar-refractivity contribution < 1.29 is 9.53 Å². The summed E-state index contributed by atoms with van der Waals surface area (Å²) in [4.78, 5) is 13.8. The zero-order valence-electron chi connectivity index (χ0n) is 11.6. The highest BCUT2D eigenvalue weighted by atomic mass is 79.9. The second kappa shape index (κ2) is 6.05. The van der Waals surface area contributed by atoms with Crippen LogP contribution in [0.3, 0.4) is 0 Å². The van der Waals surface area contributed by atoms with Crippen LogP contribution in [0.4, 0.5) is 0 Å². The molecule has 0 atom stereocenters. The first-order valence-corrected chi connectivity index (χ1v) is 7.30. The van der Waals surface area contributed by atoms with E-state index in [1.807, 2.05) is 18.7 Å². The number of aryl methyl sites for hydroxylation is 2. The fraction of sp³-hybridized carbons (Fsp3) is 0.692. The Hall–Kier alpha value is -0.880. The van der Waals surface area contributed by atoms with Gasteiger partial charge >= 0.3 is 5.97 Å². The maximum Gasteiger partial charge on any atom is 0.308 e. The van der Waals surface area contributed by atoms with Gasteiger partial charge in [0.15, 0.2) is 0 Å². The highest BCUT2D eigenvalue weighted by Gasteiger charge is 2.26. The van der Waals surface area contributed by atoms with Crippen LogP contribution in [0.5, 0.6) is 0 Å². The molecule has 0 saturated carbocycles. The van der Waals surface area contributed by atoms with Gasteiger partial charge in [0.2, 0.25) is 0 Å². The van der Waals surface area contributed by atoms with Crippen LogP contribution in [0.2, 0.25) is 0 Å². The maximum atomic E-state index is 11.5. The first kappa shape index (κ1) is 14.5. The van der Waals surface area contributed by atoms with Crippen molar-refractivity contribution >= 4 is 21.9 Å².